The highest BCUT2D eigenvalue weighted by atomic mass is 16.5. The smallest absolute Gasteiger partial charge is 0.0563 e. The third-order valence-corrected chi connectivity index (χ3v) is 2.28. The maximum Gasteiger partial charge on any atom is 0.0563 e. The van der Waals surface area contributed by atoms with E-state index in [1.54, 1.807) is 0 Å². The SMILES string of the molecule is C=C1CC12CCOC2. The first-order chi connectivity index (χ1) is 3.83. The summed E-state index contributed by atoms with van der Waals surface area (Å²) in [6.07, 6.45) is 2.46. The quantitative estimate of drug-likeness (QED) is 0.428. The number of hydrogen-bond donors (Lipinski definition) is 0. The van der Waals surface area contributed by atoms with Gasteiger partial charge < -0.3 is 4.74 Å². The summed E-state index contributed by atoms with van der Waals surface area (Å²) in [4.78, 5) is 0. The molecule has 0 amide bonds. The van der Waals surface area contributed by atoms with Crippen LogP contribution >= 0.6 is 0 Å². The average molecular weight is 110 g/mol. The van der Waals surface area contributed by atoms with Gasteiger partial charge in [0.25, 0.3) is 0 Å². The van der Waals surface area contributed by atoms with Crippen molar-refractivity contribution in [3.63, 3.8) is 0 Å². The third-order valence-electron chi connectivity index (χ3n) is 2.28. The van der Waals surface area contributed by atoms with E-state index in [1.807, 2.05) is 0 Å². The normalized spacial score (nSPS) is 43.8. The summed E-state index contributed by atoms with van der Waals surface area (Å²) in [7, 11) is 0. The monoisotopic (exact) mass is 110 g/mol. The van der Waals surface area contributed by atoms with Crippen molar-refractivity contribution in [3.8, 4) is 0 Å². The molecule has 1 unspecified atom stereocenters. The molecular formula is C7H10O. The molecule has 1 aliphatic carbocycles. The van der Waals surface area contributed by atoms with E-state index in [1.165, 1.54) is 18.4 Å². The first-order valence-corrected chi connectivity index (χ1v) is 3.10. The molecule has 2 fully saturated rings. The highest BCUT2D eigenvalue weighted by Crippen LogP contribution is 2.56. The molecule has 44 valence electrons. The Balaban J connectivity index is 2.16. The van der Waals surface area contributed by atoms with Crippen LogP contribution in [-0.4, -0.2) is 13.2 Å². The molecule has 0 N–H and O–H groups in total. The minimum absolute atomic E-state index is 0.486. The van der Waals surface area contributed by atoms with E-state index in [9.17, 15) is 0 Å². The van der Waals surface area contributed by atoms with E-state index in [-0.39, 0.29) is 0 Å². The van der Waals surface area contributed by atoms with Gasteiger partial charge in [-0.05, 0) is 12.8 Å². The molecule has 8 heavy (non-hydrogen) atoms. The lowest BCUT2D eigenvalue weighted by Crippen LogP contribution is -1.96. The first-order valence-electron chi connectivity index (χ1n) is 3.10. The van der Waals surface area contributed by atoms with E-state index >= 15 is 0 Å². The van der Waals surface area contributed by atoms with Gasteiger partial charge in [-0.1, -0.05) is 12.2 Å². The van der Waals surface area contributed by atoms with Crippen molar-refractivity contribution in [3.05, 3.63) is 12.2 Å². The third kappa shape index (κ3) is 0.402. The zero-order chi connectivity index (χ0) is 5.61. The van der Waals surface area contributed by atoms with Crippen LogP contribution in [0.5, 0.6) is 0 Å². The molecule has 1 aliphatic heterocycles. The second kappa shape index (κ2) is 1.16. The molecule has 1 saturated carbocycles. The molecule has 1 heterocycles. The van der Waals surface area contributed by atoms with E-state index < -0.39 is 0 Å². The summed E-state index contributed by atoms with van der Waals surface area (Å²) in [5.41, 5.74) is 1.90. The van der Waals surface area contributed by atoms with Gasteiger partial charge >= 0.3 is 0 Å². The predicted molar refractivity (Wildman–Crippen MR) is 31.6 cm³/mol. The van der Waals surface area contributed by atoms with Gasteiger partial charge in [0.1, 0.15) is 0 Å². The maximum atomic E-state index is 5.23. The topological polar surface area (TPSA) is 9.23 Å². The van der Waals surface area contributed by atoms with Gasteiger partial charge in [-0.15, -0.1) is 0 Å². The molecule has 0 aromatic carbocycles. The van der Waals surface area contributed by atoms with Crippen LogP contribution in [0.3, 0.4) is 0 Å². The molecule has 2 aliphatic rings. The molecule has 1 spiro atoms. The molecule has 1 atom stereocenters. The van der Waals surface area contributed by atoms with Gasteiger partial charge in [0.05, 0.1) is 6.61 Å². The van der Waals surface area contributed by atoms with Crippen molar-refractivity contribution in [2.45, 2.75) is 12.8 Å². The van der Waals surface area contributed by atoms with Gasteiger partial charge in [0.2, 0.25) is 0 Å². The fourth-order valence-corrected chi connectivity index (χ4v) is 1.39. The maximum absolute atomic E-state index is 5.23. The Kier molecular flexibility index (Phi) is 0.662. The van der Waals surface area contributed by atoms with E-state index in [4.69, 9.17) is 4.74 Å². The summed E-state index contributed by atoms with van der Waals surface area (Å²) in [6, 6.07) is 0. The predicted octanol–water partition coefficient (Wildman–Crippen LogP) is 1.35. The van der Waals surface area contributed by atoms with Crippen LogP contribution in [0.2, 0.25) is 0 Å². The Bertz CT molecular complexity index is 131. The van der Waals surface area contributed by atoms with Gasteiger partial charge in [-0.2, -0.15) is 0 Å². The fourth-order valence-electron chi connectivity index (χ4n) is 1.39. The Morgan fingerprint density at radius 2 is 2.38 bits per heavy atom. The summed E-state index contributed by atoms with van der Waals surface area (Å²) in [6.45, 7) is 5.83. The molecule has 0 bridgehead atoms. The van der Waals surface area contributed by atoms with Crippen molar-refractivity contribution >= 4 is 0 Å². The van der Waals surface area contributed by atoms with Crippen LogP contribution in [-0.2, 0) is 4.74 Å². The summed E-state index contributed by atoms with van der Waals surface area (Å²) in [5, 5.41) is 0. The van der Waals surface area contributed by atoms with Crippen molar-refractivity contribution < 1.29 is 4.74 Å². The molecular weight excluding hydrogens is 100 g/mol. The molecule has 1 heteroatoms. The minimum atomic E-state index is 0.486. The lowest BCUT2D eigenvalue weighted by molar-refractivity contribution is 0.184. The summed E-state index contributed by atoms with van der Waals surface area (Å²) < 4.78 is 5.23. The summed E-state index contributed by atoms with van der Waals surface area (Å²) in [5.74, 6) is 0. The largest absolute Gasteiger partial charge is 0.380 e. The van der Waals surface area contributed by atoms with Crippen molar-refractivity contribution in [2.24, 2.45) is 5.41 Å². The van der Waals surface area contributed by atoms with E-state index in [0.29, 0.717) is 5.41 Å². The Hall–Kier alpha value is -0.300. The van der Waals surface area contributed by atoms with Gasteiger partial charge in [0, 0.05) is 12.0 Å². The zero-order valence-corrected chi connectivity index (χ0v) is 4.94. The molecule has 0 radical (unpaired) electrons. The van der Waals surface area contributed by atoms with Gasteiger partial charge in [-0.3, -0.25) is 0 Å². The van der Waals surface area contributed by atoms with Crippen molar-refractivity contribution in [2.75, 3.05) is 13.2 Å². The van der Waals surface area contributed by atoms with E-state index in [2.05, 4.69) is 6.58 Å². The molecule has 1 saturated heterocycles. The molecule has 0 aromatic rings. The molecule has 0 aromatic heterocycles. The summed E-state index contributed by atoms with van der Waals surface area (Å²) >= 11 is 0. The van der Waals surface area contributed by atoms with Crippen LogP contribution in [0.1, 0.15) is 12.8 Å². The van der Waals surface area contributed by atoms with Gasteiger partial charge in [-0.25, -0.2) is 0 Å². The van der Waals surface area contributed by atoms with Crippen LogP contribution < -0.4 is 0 Å². The van der Waals surface area contributed by atoms with E-state index in [0.717, 1.165) is 13.2 Å². The lowest BCUT2D eigenvalue weighted by atomic mass is 10.1. The van der Waals surface area contributed by atoms with Crippen LogP contribution in [0, 0.1) is 5.41 Å². The second-order valence-corrected chi connectivity index (χ2v) is 2.86. The van der Waals surface area contributed by atoms with Crippen molar-refractivity contribution in [1.82, 2.24) is 0 Å². The first kappa shape index (κ1) is 4.57. The van der Waals surface area contributed by atoms with Crippen molar-refractivity contribution in [1.29, 1.82) is 0 Å². The second-order valence-electron chi connectivity index (χ2n) is 2.86. The Labute approximate surface area is 49.3 Å². The number of ether oxygens (including phenoxy) is 1. The van der Waals surface area contributed by atoms with Crippen LogP contribution in [0.25, 0.3) is 0 Å². The van der Waals surface area contributed by atoms with Gasteiger partial charge in [0.15, 0.2) is 0 Å². The minimum Gasteiger partial charge on any atom is -0.380 e. The molecule has 2 rings (SSSR count). The standard InChI is InChI=1S/C7H10O/c1-6-4-7(6)2-3-8-5-7/h1-5H2. The van der Waals surface area contributed by atoms with Crippen LogP contribution in [0.4, 0.5) is 0 Å². The lowest BCUT2D eigenvalue weighted by Gasteiger charge is -1.95. The average Bonchev–Trinajstić information content (AvgIpc) is 2.29. The highest BCUT2D eigenvalue weighted by molar-refractivity contribution is 5.30. The number of rotatable bonds is 0. The Morgan fingerprint density at radius 3 is 2.62 bits per heavy atom. The highest BCUT2D eigenvalue weighted by Gasteiger charge is 2.49. The fraction of sp³-hybridized carbons (Fsp3) is 0.714. The van der Waals surface area contributed by atoms with Crippen LogP contribution in [0.15, 0.2) is 12.2 Å². The number of hydrogen-bond acceptors (Lipinski definition) is 1. The molecule has 1 nitrogen and oxygen atoms in total. The Morgan fingerprint density at radius 1 is 1.62 bits per heavy atom. The zero-order valence-electron chi connectivity index (χ0n) is 4.94.